The molecule has 0 unspecified atom stereocenters. The molecule has 0 aromatic heterocycles. The van der Waals surface area contributed by atoms with Crippen LogP contribution in [-0.4, -0.2) is 31.8 Å². The molecular weight excluding hydrogens is 412 g/mol. The van der Waals surface area contributed by atoms with Gasteiger partial charge in [0.05, 0.1) is 13.3 Å². The lowest BCUT2D eigenvalue weighted by Crippen LogP contribution is -2.17. The average molecular weight is 435 g/mol. The van der Waals surface area contributed by atoms with Crippen LogP contribution in [-0.2, 0) is 15.3 Å². The molecule has 6 nitrogen and oxygen atoms in total. The standard InChI is InChI=1S/C24H22N2O4S/c1-29-23(27)16-30-21-7-5-6-19(14-21)15-25-26-24(28)20-12-10-18(11-13-20)17-31-22-8-3-2-4-9-22/h2-15H,16-17H2,1H3,(H,26,28). The third kappa shape index (κ3) is 7.31. The van der Waals surface area contributed by atoms with Gasteiger partial charge in [0.2, 0.25) is 0 Å². The smallest absolute Gasteiger partial charge is 0.343 e. The van der Waals surface area contributed by atoms with Gasteiger partial charge in [-0.2, -0.15) is 5.10 Å². The molecule has 0 saturated heterocycles. The van der Waals surface area contributed by atoms with Crippen molar-refractivity contribution >= 4 is 29.9 Å². The molecule has 7 heteroatoms. The summed E-state index contributed by atoms with van der Waals surface area (Å²) in [6.07, 6.45) is 1.51. The third-order valence-electron chi connectivity index (χ3n) is 4.19. The summed E-state index contributed by atoms with van der Waals surface area (Å²) in [4.78, 5) is 24.7. The minimum absolute atomic E-state index is 0.173. The van der Waals surface area contributed by atoms with Crippen LogP contribution in [0, 0.1) is 0 Å². The van der Waals surface area contributed by atoms with Crippen LogP contribution >= 0.6 is 11.8 Å². The predicted octanol–water partition coefficient (Wildman–Crippen LogP) is 4.29. The van der Waals surface area contributed by atoms with Gasteiger partial charge in [-0.1, -0.05) is 42.5 Å². The van der Waals surface area contributed by atoms with Crippen molar-refractivity contribution in [3.05, 3.63) is 95.6 Å². The van der Waals surface area contributed by atoms with Crippen LogP contribution in [0.4, 0.5) is 0 Å². The summed E-state index contributed by atoms with van der Waals surface area (Å²) in [5.74, 6) is 0.579. The predicted molar refractivity (Wildman–Crippen MR) is 121 cm³/mol. The number of thioether (sulfide) groups is 1. The number of carbonyl (C=O) groups is 2. The lowest BCUT2D eigenvalue weighted by Gasteiger charge is -2.05. The molecule has 0 spiro atoms. The first-order chi connectivity index (χ1) is 15.1. The van der Waals surface area contributed by atoms with E-state index in [1.165, 1.54) is 18.2 Å². The molecule has 0 fully saturated rings. The minimum atomic E-state index is -0.462. The van der Waals surface area contributed by atoms with Crippen LogP contribution in [0.15, 0.2) is 88.9 Å². The van der Waals surface area contributed by atoms with Crippen molar-refractivity contribution in [2.45, 2.75) is 10.6 Å². The van der Waals surface area contributed by atoms with E-state index in [9.17, 15) is 9.59 Å². The second-order valence-corrected chi connectivity index (χ2v) is 7.48. The molecule has 3 aromatic rings. The first-order valence-electron chi connectivity index (χ1n) is 9.54. The Morgan fingerprint density at radius 1 is 1.00 bits per heavy atom. The number of esters is 1. The zero-order valence-electron chi connectivity index (χ0n) is 17.0. The highest BCUT2D eigenvalue weighted by molar-refractivity contribution is 7.98. The molecule has 0 bridgehead atoms. The Morgan fingerprint density at radius 2 is 1.77 bits per heavy atom. The number of benzene rings is 3. The van der Waals surface area contributed by atoms with E-state index >= 15 is 0 Å². The summed E-state index contributed by atoms with van der Waals surface area (Å²) in [5, 5.41) is 3.99. The van der Waals surface area contributed by atoms with Gasteiger partial charge >= 0.3 is 5.97 Å². The minimum Gasteiger partial charge on any atom is -0.482 e. The molecule has 1 amide bonds. The van der Waals surface area contributed by atoms with E-state index in [4.69, 9.17) is 4.74 Å². The maximum Gasteiger partial charge on any atom is 0.343 e. The molecule has 3 aromatic carbocycles. The normalized spacial score (nSPS) is 10.6. The van der Waals surface area contributed by atoms with Crippen molar-refractivity contribution in [2.24, 2.45) is 5.10 Å². The third-order valence-corrected chi connectivity index (χ3v) is 5.27. The van der Waals surface area contributed by atoms with Gasteiger partial charge in [0.25, 0.3) is 5.91 Å². The van der Waals surface area contributed by atoms with Crippen molar-refractivity contribution in [2.75, 3.05) is 13.7 Å². The van der Waals surface area contributed by atoms with E-state index in [0.717, 1.165) is 16.9 Å². The Morgan fingerprint density at radius 3 is 2.52 bits per heavy atom. The number of ether oxygens (including phenoxy) is 2. The van der Waals surface area contributed by atoms with Crippen molar-refractivity contribution in [1.29, 1.82) is 0 Å². The number of methoxy groups -OCH3 is 1. The first-order valence-corrected chi connectivity index (χ1v) is 10.5. The van der Waals surface area contributed by atoms with Crippen molar-refractivity contribution in [3.63, 3.8) is 0 Å². The summed E-state index contributed by atoms with van der Waals surface area (Å²) in [5.41, 5.74) is 4.90. The Hall–Kier alpha value is -3.58. The first kappa shape index (κ1) is 22.1. The summed E-state index contributed by atoms with van der Waals surface area (Å²) in [6.45, 7) is -0.173. The van der Waals surface area contributed by atoms with Gasteiger partial charge < -0.3 is 9.47 Å². The lowest BCUT2D eigenvalue weighted by atomic mass is 10.1. The van der Waals surface area contributed by atoms with E-state index in [1.54, 1.807) is 48.2 Å². The Balaban J connectivity index is 1.50. The molecule has 3 rings (SSSR count). The molecule has 0 aliphatic carbocycles. The van der Waals surface area contributed by atoms with Gasteiger partial charge in [0, 0.05) is 16.2 Å². The van der Waals surface area contributed by atoms with Crippen LogP contribution in [0.1, 0.15) is 21.5 Å². The molecule has 0 saturated carbocycles. The largest absolute Gasteiger partial charge is 0.482 e. The van der Waals surface area contributed by atoms with Crippen LogP contribution in [0.2, 0.25) is 0 Å². The molecule has 0 heterocycles. The second kappa shape index (κ2) is 11.6. The molecule has 0 atom stereocenters. The number of rotatable bonds is 9. The van der Waals surface area contributed by atoms with Gasteiger partial charge in [-0.15, -0.1) is 11.8 Å². The Bertz CT molecular complexity index is 1040. The summed E-state index contributed by atoms with van der Waals surface area (Å²) < 4.78 is 9.87. The van der Waals surface area contributed by atoms with Crippen molar-refractivity contribution in [3.8, 4) is 5.75 Å². The zero-order chi connectivity index (χ0) is 21.9. The topological polar surface area (TPSA) is 77.0 Å². The fraction of sp³-hybridized carbons (Fsp3) is 0.125. The van der Waals surface area contributed by atoms with Crippen LogP contribution in [0.5, 0.6) is 5.75 Å². The molecular formula is C24H22N2O4S. The number of carbonyl (C=O) groups excluding carboxylic acids is 2. The van der Waals surface area contributed by atoms with Crippen molar-refractivity contribution in [1.82, 2.24) is 5.43 Å². The fourth-order valence-electron chi connectivity index (χ4n) is 2.55. The van der Waals surface area contributed by atoms with E-state index in [1.807, 2.05) is 30.3 Å². The quantitative estimate of drug-likeness (QED) is 0.235. The Kier molecular flexibility index (Phi) is 8.25. The van der Waals surface area contributed by atoms with Crippen LogP contribution in [0.25, 0.3) is 0 Å². The van der Waals surface area contributed by atoms with Gasteiger partial charge in [0.15, 0.2) is 6.61 Å². The number of hydrazone groups is 1. The second-order valence-electron chi connectivity index (χ2n) is 6.44. The molecule has 0 aliphatic rings. The molecule has 31 heavy (non-hydrogen) atoms. The number of amides is 1. The van der Waals surface area contributed by atoms with Gasteiger partial charge in [-0.25, -0.2) is 10.2 Å². The summed E-state index contributed by atoms with van der Waals surface area (Å²) in [6, 6.07) is 24.6. The highest BCUT2D eigenvalue weighted by Gasteiger charge is 2.05. The number of nitrogens with one attached hydrogen (secondary N) is 1. The highest BCUT2D eigenvalue weighted by Crippen LogP contribution is 2.22. The molecule has 1 N–H and O–H groups in total. The van der Waals surface area contributed by atoms with Crippen LogP contribution in [0.3, 0.4) is 0 Å². The van der Waals surface area contributed by atoms with Crippen LogP contribution < -0.4 is 10.2 Å². The zero-order valence-corrected chi connectivity index (χ0v) is 17.8. The number of hydrogen-bond acceptors (Lipinski definition) is 6. The van der Waals surface area contributed by atoms with E-state index in [2.05, 4.69) is 27.4 Å². The number of hydrogen-bond donors (Lipinski definition) is 1. The molecule has 158 valence electrons. The lowest BCUT2D eigenvalue weighted by molar-refractivity contribution is -0.142. The van der Waals surface area contributed by atoms with E-state index < -0.39 is 5.97 Å². The summed E-state index contributed by atoms with van der Waals surface area (Å²) in [7, 11) is 1.30. The average Bonchev–Trinajstić information content (AvgIpc) is 2.82. The van der Waals surface area contributed by atoms with Crippen molar-refractivity contribution < 1.29 is 19.1 Å². The van der Waals surface area contributed by atoms with E-state index in [-0.39, 0.29) is 12.5 Å². The SMILES string of the molecule is COC(=O)COc1cccc(C=NNC(=O)c2ccc(CSc3ccccc3)cc2)c1. The highest BCUT2D eigenvalue weighted by atomic mass is 32.2. The summed E-state index contributed by atoms with van der Waals surface area (Å²) >= 11 is 1.75. The fourth-order valence-corrected chi connectivity index (χ4v) is 3.43. The maximum absolute atomic E-state index is 12.3. The van der Waals surface area contributed by atoms with E-state index in [0.29, 0.717) is 11.3 Å². The number of nitrogens with zero attached hydrogens (tertiary/aromatic N) is 1. The van der Waals surface area contributed by atoms with Gasteiger partial charge in [-0.3, -0.25) is 4.79 Å². The molecule has 0 radical (unpaired) electrons. The van der Waals surface area contributed by atoms with Gasteiger partial charge in [-0.05, 0) is 47.5 Å². The Labute approximate surface area is 185 Å². The monoisotopic (exact) mass is 434 g/mol. The maximum atomic E-state index is 12.3. The molecule has 0 aliphatic heterocycles. The van der Waals surface area contributed by atoms with Gasteiger partial charge in [0.1, 0.15) is 5.75 Å².